The predicted molar refractivity (Wildman–Crippen MR) is 102 cm³/mol. The molecule has 0 fully saturated rings. The van der Waals surface area contributed by atoms with E-state index in [0.29, 0.717) is 0 Å². The molecule has 0 spiro atoms. The molecule has 0 saturated carbocycles. The molecule has 3 aromatic rings. The molecular formula is C20H27IN4O. The van der Waals surface area contributed by atoms with Gasteiger partial charge in [0, 0.05) is 24.4 Å². The van der Waals surface area contributed by atoms with Gasteiger partial charge in [0.05, 0.1) is 39.5 Å². The fourth-order valence-electron chi connectivity index (χ4n) is 2.87. The van der Waals surface area contributed by atoms with Crippen LogP contribution in [0.2, 0.25) is 0 Å². The average Bonchev–Trinajstić information content (AvgIpc) is 2.91. The van der Waals surface area contributed by atoms with Gasteiger partial charge in [0.15, 0.2) is 5.65 Å². The number of ether oxygens (including phenoxy) is 1. The maximum absolute atomic E-state index is 5.75. The minimum atomic E-state index is 0. The third kappa shape index (κ3) is 4.94. The number of likely N-dealkylation sites (N-methyl/N-ethyl adjacent to an activating group) is 1. The van der Waals surface area contributed by atoms with Crippen LogP contribution in [0.4, 0.5) is 0 Å². The van der Waals surface area contributed by atoms with Gasteiger partial charge in [0.1, 0.15) is 11.3 Å². The van der Waals surface area contributed by atoms with Gasteiger partial charge in [-0.3, -0.25) is 4.98 Å². The first-order valence-electron chi connectivity index (χ1n) is 8.72. The smallest absolute Gasteiger partial charge is 0.156 e. The molecule has 0 radical (unpaired) electrons. The molecule has 0 aliphatic heterocycles. The van der Waals surface area contributed by atoms with Crippen LogP contribution < -0.4 is 28.7 Å². The lowest BCUT2D eigenvalue weighted by Gasteiger charge is -2.23. The van der Waals surface area contributed by atoms with E-state index >= 15 is 0 Å². The lowest BCUT2D eigenvalue weighted by molar-refractivity contribution is -0.870. The topological polar surface area (TPSA) is 50.8 Å². The monoisotopic (exact) mass is 466 g/mol. The Kier molecular flexibility index (Phi) is 6.63. The molecule has 1 N–H and O–H groups in total. The maximum atomic E-state index is 5.75. The predicted octanol–water partition coefficient (Wildman–Crippen LogP) is 0.665. The van der Waals surface area contributed by atoms with Gasteiger partial charge in [-0.25, -0.2) is 4.98 Å². The van der Waals surface area contributed by atoms with Gasteiger partial charge in [0.25, 0.3) is 0 Å². The van der Waals surface area contributed by atoms with Gasteiger partial charge in [-0.1, -0.05) is 0 Å². The standard InChI is InChI=1S/C20H27N4O.HI/c1-14(2)25-16-8-6-15(7-9-16)18-17(10-13-24(3,4)5)19-20(23-18)22-12-11-21-19;/h6-9,11-12,14H,10,13H2,1-5H3,(H,22,23);1H/q+1;/p-1. The van der Waals surface area contributed by atoms with Gasteiger partial charge in [-0.2, -0.15) is 0 Å². The second kappa shape index (κ2) is 8.35. The Labute approximate surface area is 172 Å². The highest BCUT2D eigenvalue weighted by Crippen LogP contribution is 2.30. The van der Waals surface area contributed by atoms with E-state index in [4.69, 9.17) is 4.74 Å². The van der Waals surface area contributed by atoms with Crippen LogP contribution in [0.1, 0.15) is 19.4 Å². The Morgan fingerprint density at radius 1 is 1.04 bits per heavy atom. The number of fused-ring (bicyclic) bond motifs is 1. The van der Waals surface area contributed by atoms with Crippen molar-refractivity contribution in [3.8, 4) is 17.0 Å². The first kappa shape index (κ1) is 20.6. The van der Waals surface area contributed by atoms with E-state index in [1.807, 2.05) is 26.0 Å². The fourth-order valence-corrected chi connectivity index (χ4v) is 2.87. The quantitative estimate of drug-likeness (QED) is 0.429. The summed E-state index contributed by atoms with van der Waals surface area (Å²) in [6.45, 7) is 5.10. The molecule has 1 aromatic carbocycles. The number of halogens is 1. The van der Waals surface area contributed by atoms with E-state index in [2.05, 4.69) is 48.2 Å². The highest BCUT2D eigenvalue weighted by atomic mass is 127. The summed E-state index contributed by atoms with van der Waals surface area (Å²) in [7, 11) is 6.62. The molecule has 140 valence electrons. The van der Waals surface area contributed by atoms with Crippen molar-refractivity contribution in [2.75, 3.05) is 27.7 Å². The van der Waals surface area contributed by atoms with Crippen molar-refractivity contribution in [1.82, 2.24) is 15.0 Å². The van der Waals surface area contributed by atoms with Crippen LogP contribution in [0.15, 0.2) is 36.7 Å². The molecule has 26 heavy (non-hydrogen) atoms. The van der Waals surface area contributed by atoms with E-state index < -0.39 is 0 Å². The molecule has 5 nitrogen and oxygen atoms in total. The van der Waals surface area contributed by atoms with Crippen molar-refractivity contribution in [1.29, 1.82) is 0 Å². The first-order valence-corrected chi connectivity index (χ1v) is 8.72. The lowest BCUT2D eigenvalue weighted by Crippen LogP contribution is -3.00. The zero-order valence-electron chi connectivity index (χ0n) is 16.1. The van der Waals surface area contributed by atoms with Gasteiger partial charge >= 0.3 is 0 Å². The van der Waals surface area contributed by atoms with E-state index in [9.17, 15) is 0 Å². The number of aromatic amines is 1. The Bertz CT molecular complexity index is 850. The minimum Gasteiger partial charge on any atom is -1.00 e. The largest absolute Gasteiger partial charge is 1.00 e. The van der Waals surface area contributed by atoms with Crippen LogP contribution in [-0.2, 0) is 6.42 Å². The van der Waals surface area contributed by atoms with Gasteiger partial charge in [-0.05, 0) is 43.7 Å². The second-order valence-corrected chi connectivity index (χ2v) is 7.69. The summed E-state index contributed by atoms with van der Waals surface area (Å²) in [5, 5.41) is 0. The first-order chi connectivity index (χ1) is 11.8. The van der Waals surface area contributed by atoms with Crippen LogP contribution in [0.5, 0.6) is 5.75 Å². The van der Waals surface area contributed by atoms with E-state index in [1.165, 1.54) is 5.56 Å². The number of quaternary nitrogens is 1. The summed E-state index contributed by atoms with van der Waals surface area (Å²) in [6.07, 6.45) is 4.61. The summed E-state index contributed by atoms with van der Waals surface area (Å²) in [5.41, 5.74) is 5.27. The number of H-pyrrole nitrogens is 1. The third-order valence-corrected chi connectivity index (χ3v) is 4.08. The number of benzene rings is 1. The molecule has 2 aromatic heterocycles. The fraction of sp³-hybridized carbons (Fsp3) is 0.400. The molecule has 3 rings (SSSR count). The molecule has 0 amide bonds. The van der Waals surface area contributed by atoms with Gasteiger partial charge in [0.2, 0.25) is 0 Å². The summed E-state index contributed by atoms with van der Waals surface area (Å²) >= 11 is 0. The molecule has 0 bridgehead atoms. The number of rotatable bonds is 6. The Morgan fingerprint density at radius 3 is 2.31 bits per heavy atom. The molecular weight excluding hydrogens is 439 g/mol. The summed E-state index contributed by atoms with van der Waals surface area (Å²) in [6, 6.07) is 8.23. The van der Waals surface area contributed by atoms with E-state index in [-0.39, 0.29) is 30.1 Å². The van der Waals surface area contributed by atoms with Crippen molar-refractivity contribution >= 4 is 11.2 Å². The number of nitrogens with one attached hydrogen (secondary N) is 1. The van der Waals surface area contributed by atoms with Crippen LogP contribution in [0.3, 0.4) is 0 Å². The van der Waals surface area contributed by atoms with Crippen LogP contribution in [0.25, 0.3) is 22.4 Å². The minimum absolute atomic E-state index is 0. The van der Waals surface area contributed by atoms with Crippen LogP contribution in [0, 0.1) is 0 Å². The van der Waals surface area contributed by atoms with Crippen molar-refractivity contribution in [2.24, 2.45) is 0 Å². The average molecular weight is 466 g/mol. The van der Waals surface area contributed by atoms with Crippen molar-refractivity contribution < 1.29 is 33.2 Å². The molecule has 0 atom stereocenters. The van der Waals surface area contributed by atoms with Crippen molar-refractivity contribution in [2.45, 2.75) is 26.4 Å². The Balaban J connectivity index is 0.00000243. The SMILES string of the molecule is CC(C)Oc1ccc(-c2[nH]c3nccnc3c2CC[N+](C)(C)C)cc1.[I-]. The van der Waals surface area contributed by atoms with Gasteiger partial charge < -0.3 is 38.2 Å². The maximum Gasteiger partial charge on any atom is 0.156 e. The zero-order chi connectivity index (χ0) is 18.0. The Morgan fingerprint density at radius 2 is 1.69 bits per heavy atom. The van der Waals surface area contributed by atoms with Crippen molar-refractivity contribution in [3.63, 3.8) is 0 Å². The molecule has 0 aliphatic carbocycles. The van der Waals surface area contributed by atoms with Crippen molar-refractivity contribution in [3.05, 3.63) is 42.2 Å². The molecule has 0 saturated heterocycles. The lowest BCUT2D eigenvalue weighted by atomic mass is 10.0. The van der Waals surface area contributed by atoms with Crippen LogP contribution >= 0.6 is 0 Å². The summed E-state index contributed by atoms with van der Waals surface area (Å²) in [4.78, 5) is 12.5. The van der Waals surface area contributed by atoms with Crippen LogP contribution in [-0.4, -0.2) is 53.2 Å². The third-order valence-electron chi connectivity index (χ3n) is 4.08. The molecule has 0 aliphatic rings. The number of hydrogen-bond donors (Lipinski definition) is 1. The number of aromatic nitrogens is 3. The normalized spacial score (nSPS) is 11.6. The number of nitrogens with zero attached hydrogens (tertiary/aromatic N) is 3. The molecule has 6 heteroatoms. The van der Waals surface area contributed by atoms with Gasteiger partial charge in [-0.15, -0.1) is 0 Å². The summed E-state index contributed by atoms with van der Waals surface area (Å²) in [5.74, 6) is 0.888. The molecule has 2 heterocycles. The summed E-state index contributed by atoms with van der Waals surface area (Å²) < 4.78 is 6.66. The highest BCUT2D eigenvalue weighted by molar-refractivity contribution is 5.85. The zero-order valence-corrected chi connectivity index (χ0v) is 18.2. The van der Waals surface area contributed by atoms with E-state index in [1.54, 1.807) is 12.4 Å². The van der Waals surface area contributed by atoms with E-state index in [0.717, 1.165) is 45.6 Å². The Hall–Kier alpha value is -1.67. The molecule has 0 unspecified atom stereocenters. The second-order valence-electron chi connectivity index (χ2n) is 7.69. The highest BCUT2D eigenvalue weighted by Gasteiger charge is 2.18. The number of hydrogen-bond acceptors (Lipinski definition) is 3.